The summed E-state index contributed by atoms with van der Waals surface area (Å²) in [5.41, 5.74) is 0.788. The largest absolute Gasteiger partial charge is 0.493 e. The molecule has 2 amide bonds. The molecule has 1 saturated heterocycles. The van der Waals surface area contributed by atoms with Crippen molar-refractivity contribution < 1.29 is 28.2 Å². The fourth-order valence-corrected chi connectivity index (χ4v) is 5.34. The van der Waals surface area contributed by atoms with Crippen molar-refractivity contribution in [2.45, 2.75) is 6.54 Å². The molecule has 0 bridgehead atoms. The number of thioether (sulfide) groups is 1. The lowest BCUT2D eigenvalue weighted by Gasteiger charge is -2.14. The average Bonchev–Trinajstić information content (AvgIpc) is 3.10. The third-order valence-electron chi connectivity index (χ3n) is 5.09. The highest BCUT2D eigenvalue weighted by Crippen LogP contribution is 2.38. The van der Waals surface area contributed by atoms with Crippen molar-refractivity contribution in [2.24, 2.45) is 0 Å². The van der Waals surface area contributed by atoms with Gasteiger partial charge < -0.3 is 9.47 Å². The second-order valence-electron chi connectivity index (χ2n) is 7.37. The van der Waals surface area contributed by atoms with Crippen molar-refractivity contribution in [1.29, 1.82) is 0 Å². The van der Waals surface area contributed by atoms with Gasteiger partial charge in [-0.1, -0.05) is 41.4 Å². The zero-order chi connectivity index (χ0) is 26.0. The Labute approximate surface area is 233 Å². The highest BCUT2D eigenvalue weighted by atomic mass is 127. The highest BCUT2D eigenvalue weighted by Gasteiger charge is 2.36. The number of methoxy groups -OCH3 is 1. The molecule has 0 unspecified atom stereocenters. The van der Waals surface area contributed by atoms with Crippen molar-refractivity contribution >= 4 is 80.7 Å². The van der Waals surface area contributed by atoms with Crippen LogP contribution in [0.3, 0.4) is 0 Å². The molecule has 11 heteroatoms. The Morgan fingerprint density at radius 1 is 1.11 bits per heavy atom. The van der Waals surface area contributed by atoms with E-state index in [2.05, 4.69) is 0 Å². The molecule has 4 rings (SSSR count). The molecular formula is C25H15Cl2FINO5S. The van der Waals surface area contributed by atoms with E-state index >= 15 is 0 Å². The summed E-state index contributed by atoms with van der Waals surface area (Å²) in [4.78, 5) is 39.1. The maximum Gasteiger partial charge on any atom is 0.345 e. The predicted octanol–water partition coefficient (Wildman–Crippen LogP) is 7.20. The molecule has 36 heavy (non-hydrogen) atoms. The van der Waals surface area contributed by atoms with Crippen molar-refractivity contribution in [2.75, 3.05) is 7.11 Å². The van der Waals surface area contributed by atoms with Crippen LogP contribution in [-0.4, -0.2) is 29.1 Å². The summed E-state index contributed by atoms with van der Waals surface area (Å²) in [5.74, 6) is -1.41. The lowest BCUT2D eigenvalue weighted by Crippen LogP contribution is -2.28. The zero-order valence-electron chi connectivity index (χ0n) is 18.4. The Morgan fingerprint density at radius 2 is 1.83 bits per heavy atom. The first-order valence-electron chi connectivity index (χ1n) is 10.2. The zero-order valence-corrected chi connectivity index (χ0v) is 22.9. The third kappa shape index (κ3) is 5.54. The van der Waals surface area contributed by atoms with Crippen LogP contribution in [0.15, 0.2) is 59.5 Å². The number of halogens is 4. The van der Waals surface area contributed by atoms with Gasteiger partial charge in [0, 0.05) is 10.6 Å². The molecule has 3 aromatic rings. The first kappa shape index (κ1) is 26.5. The molecule has 184 valence electrons. The Morgan fingerprint density at radius 3 is 2.53 bits per heavy atom. The minimum absolute atomic E-state index is 0.0589. The molecule has 0 N–H and O–H groups in total. The standard InChI is InChI=1S/C25H15Cl2FINO5S/c1-34-20-10-13(9-19(29)22(20)35-24(32)14-5-2-3-6-16(14)26)11-21-23(31)30(25(33)36-21)12-15-17(27)7-4-8-18(15)28/h2-11H,12H2,1H3/b21-11-. The number of ether oxygens (including phenoxy) is 2. The molecule has 3 aromatic carbocycles. The molecule has 1 aliphatic rings. The monoisotopic (exact) mass is 657 g/mol. The molecule has 0 saturated carbocycles. The molecule has 1 aliphatic heterocycles. The van der Waals surface area contributed by atoms with E-state index in [-0.39, 0.29) is 44.1 Å². The fourth-order valence-electron chi connectivity index (χ4n) is 3.33. The number of benzene rings is 3. The number of rotatable bonds is 6. The highest BCUT2D eigenvalue weighted by molar-refractivity contribution is 14.1. The van der Waals surface area contributed by atoms with Gasteiger partial charge in [-0.25, -0.2) is 9.18 Å². The van der Waals surface area contributed by atoms with Crippen LogP contribution in [0.2, 0.25) is 10.0 Å². The number of amides is 2. The number of imide groups is 1. The third-order valence-corrected chi connectivity index (χ3v) is 7.48. The molecule has 0 atom stereocenters. The summed E-state index contributed by atoms with van der Waals surface area (Å²) in [7, 11) is 1.41. The quantitative estimate of drug-likeness (QED) is 0.121. The average molecular weight is 658 g/mol. The summed E-state index contributed by atoms with van der Waals surface area (Å²) in [6, 6.07) is 13.9. The summed E-state index contributed by atoms with van der Waals surface area (Å²) in [6.07, 6.45) is 1.51. The van der Waals surface area contributed by atoms with Crippen molar-refractivity contribution in [3.63, 3.8) is 0 Å². The van der Waals surface area contributed by atoms with Gasteiger partial charge >= 0.3 is 5.97 Å². The molecule has 0 radical (unpaired) electrons. The Balaban J connectivity index is 1.59. The summed E-state index contributed by atoms with van der Waals surface area (Å²) in [6.45, 7) is -0.286. The van der Waals surface area contributed by atoms with Crippen LogP contribution in [0.5, 0.6) is 11.5 Å². The first-order valence-corrected chi connectivity index (χ1v) is 12.9. The van der Waals surface area contributed by atoms with E-state index in [1.165, 1.54) is 31.4 Å². The van der Waals surface area contributed by atoms with Crippen LogP contribution < -0.4 is 9.47 Å². The van der Waals surface area contributed by atoms with E-state index in [0.29, 0.717) is 9.13 Å². The maximum absolute atomic E-state index is 14.2. The number of hydrogen-bond donors (Lipinski definition) is 0. The summed E-state index contributed by atoms with van der Waals surface area (Å²) < 4.78 is 25.6. The molecular weight excluding hydrogens is 643 g/mol. The molecule has 1 fully saturated rings. The van der Waals surface area contributed by atoms with Gasteiger partial charge in [0.25, 0.3) is 11.1 Å². The summed E-state index contributed by atoms with van der Waals surface area (Å²) >= 11 is 14.8. The number of nitrogens with zero attached hydrogens (tertiary/aromatic N) is 1. The molecule has 6 nitrogen and oxygen atoms in total. The van der Waals surface area contributed by atoms with Gasteiger partial charge in [0.15, 0.2) is 11.5 Å². The number of hydrogen-bond acceptors (Lipinski definition) is 6. The lowest BCUT2D eigenvalue weighted by molar-refractivity contribution is -0.123. The number of carbonyl (C=O) groups excluding carboxylic acids is 3. The van der Waals surface area contributed by atoms with Gasteiger partial charge in [-0.3, -0.25) is 14.5 Å². The Bertz CT molecular complexity index is 1410. The number of carbonyl (C=O) groups is 3. The van der Waals surface area contributed by atoms with Crippen LogP contribution in [0.4, 0.5) is 9.18 Å². The minimum atomic E-state index is -0.655. The predicted molar refractivity (Wildman–Crippen MR) is 145 cm³/mol. The fraction of sp³-hybridized carbons (Fsp3) is 0.0800. The molecule has 0 spiro atoms. The van der Waals surface area contributed by atoms with Crippen LogP contribution in [0, 0.1) is 9.39 Å². The van der Waals surface area contributed by atoms with Gasteiger partial charge in [0.05, 0.1) is 32.7 Å². The Hall–Kier alpha value is -2.60. The van der Waals surface area contributed by atoms with E-state index in [4.69, 9.17) is 32.7 Å². The van der Waals surface area contributed by atoms with Crippen LogP contribution >= 0.6 is 57.6 Å². The van der Waals surface area contributed by atoms with E-state index in [0.717, 1.165) is 16.7 Å². The number of esters is 1. The lowest BCUT2D eigenvalue weighted by atomic mass is 10.1. The van der Waals surface area contributed by atoms with Gasteiger partial charge in [-0.2, -0.15) is 0 Å². The van der Waals surface area contributed by atoms with E-state index in [1.54, 1.807) is 36.4 Å². The van der Waals surface area contributed by atoms with E-state index in [9.17, 15) is 18.8 Å². The van der Waals surface area contributed by atoms with Gasteiger partial charge in [-0.15, -0.1) is 0 Å². The smallest absolute Gasteiger partial charge is 0.345 e. The minimum Gasteiger partial charge on any atom is -0.493 e. The molecule has 0 aliphatic carbocycles. The van der Waals surface area contributed by atoms with Crippen molar-refractivity contribution in [1.82, 2.24) is 4.90 Å². The van der Waals surface area contributed by atoms with Gasteiger partial charge in [0.2, 0.25) is 0 Å². The second kappa shape index (κ2) is 11.2. The van der Waals surface area contributed by atoms with E-state index in [1.807, 2.05) is 22.6 Å². The van der Waals surface area contributed by atoms with Crippen molar-refractivity contribution in [3.05, 3.63) is 95.6 Å². The SMILES string of the molecule is COc1cc(/C=C2\SC(=O)N(Cc3c(F)cccc3Cl)C2=O)cc(I)c1OC(=O)c1ccccc1Cl. The first-order chi connectivity index (χ1) is 17.2. The molecule has 1 heterocycles. The maximum atomic E-state index is 14.2. The van der Waals surface area contributed by atoms with Crippen molar-refractivity contribution in [3.8, 4) is 11.5 Å². The second-order valence-corrected chi connectivity index (χ2v) is 10.3. The summed E-state index contributed by atoms with van der Waals surface area (Å²) in [5, 5.41) is -0.169. The Kier molecular flexibility index (Phi) is 8.23. The molecule has 0 aromatic heterocycles. The normalized spacial score (nSPS) is 14.5. The van der Waals surface area contributed by atoms with Gasteiger partial charge in [-0.05, 0) is 82.4 Å². The van der Waals surface area contributed by atoms with E-state index < -0.39 is 22.9 Å². The van der Waals surface area contributed by atoms with Gasteiger partial charge in [0.1, 0.15) is 5.82 Å². The van der Waals surface area contributed by atoms with Crippen LogP contribution in [0.25, 0.3) is 6.08 Å². The van der Waals surface area contributed by atoms with Crippen LogP contribution in [0.1, 0.15) is 21.5 Å². The topological polar surface area (TPSA) is 72.9 Å². The van der Waals surface area contributed by atoms with Crippen LogP contribution in [-0.2, 0) is 11.3 Å².